The first-order valence-electron chi connectivity index (χ1n) is 5.35. The summed E-state index contributed by atoms with van der Waals surface area (Å²) < 4.78 is 83.0. The van der Waals surface area contributed by atoms with Gasteiger partial charge in [-0.3, -0.25) is 0 Å². The molecule has 0 saturated heterocycles. The molecule has 18 heavy (non-hydrogen) atoms. The topological polar surface area (TPSA) is 60.2 Å². The molecule has 1 atom stereocenters. The van der Waals surface area contributed by atoms with Gasteiger partial charge in [-0.1, -0.05) is 6.92 Å². The van der Waals surface area contributed by atoms with Crippen LogP contribution in [-0.2, 0) is 9.84 Å². The number of rotatable bonds is 7. The Hall–Kier alpha value is -0.440. The van der Waals surface area contributed by atoms with Crippen molar-refractivity contribution in [1.29, 1.82) is 0 Å². The first kappa shape index (κ1) is 17.6. The van der Waals surface area contributed by atoms with Gasteiger partial charge in [0.05, 0.1) is 5.75 Å². The van der Waals surface area contributed by atoms with Gasteiger partial charge >= 0.3 is 12.1 Å². The number of alkyl halides is 5. The van der Waals surface area contributed by atoms with E-state index in [0.717, 1.165) is 0 Å². The monoisotopic (exact) mass is 297 g/mol. The summed E-state index contributed by atoms with van der Waals surface area (Å²) in [6.45, 7) is 1.54. The van der Waals surface area contributed by atoms with Crippen LogP contribution in [0, 0.1) is 0 Å². The van der Waals surface area contributed by atoms with E-state index in [1.165, 1.54) is 0 Å². The molecule has 0 aliphatic carbocycles. The summed E-state index contributed by atoms with van der Waals surface area (Å²) in [6, 6.07) is 0. The molecule has 0 aromatic rings. The Labute approximate surface area is 102 Å². The van der Waals surface area contributed by atoms with Gasteiger partial charge in [0.25, 0.3) is 0 Å². The van der Waals surface area contributed by atoms with Crippen LogP contribution in [0.5, 0.6) is 0 Å². The van der Waals surface area contributed by atoms with E-state index in [-0.39, 0.29) is 12.8 Å². The van der Waals surface area contributed by atoms with Gasteiger partial charge in [-0.25, -0.2) is 8.42 Å². The fraction of sp³-hybridized carbons (Fsp3) is 1.00. The number of unbranched alkanes of at least 4 members (excludes halogenated alkanes) is 1. The molecule has 0 saturated carbocycles. The van der Waals surface area contributed by atoms with Gasteiger partial charge < -0.3 is 5.73 Å². The Bertz CT molecular complexity index is 352. The molecule has 2 N–H and O–H groups in total. The fourth-order valence-corrected chi connectivity index (χ4v) is 2.61. The van der Waals surface area contributed by atoms with Crippen LogP contribution in [0.4, 0.5) is 22.0 Å². The molecule has 0 aromatic carbocycles. The maximum absolute atomic E-state index is 12.5. The van der Waals surface area contributed by atoms with Crippen LogP contribution in [0.1, 0.15) is 32.6 Å². The lowest BCUT2D eigenvalue weighted by molar-refractivity contribution is -0.284. The summed E-state index contributed by atoms with van der Waals surface area (Å²) in [6.07, 6.45) is -7.62. The molecule has 0 amide bonds. The molecule has 110 valence electrons. The number of hydrogen-bond donors (Lipinski definition) is 1. The highest BCUT2D eigenvalue weighted by Gasteiger charge is 2.56. The molecule has 9 heteroatoms. The minimum Gasteiger partial charge on any atom is -0.315 e. The summed E-state index contributed by atoms with van der Waals surface area (Å²) >= 11 is 0. The number of nitrogens with two attached hydrogens (primary N) is 1. The summed E-state index contributed by atoms with van der Waals surface area (Å²) in [5.74, 6) is -5.25. The van der Waals surface area contributed by atoms with Gasteiger partial charge in [0.1, 0.15) is 5.37 Å². The molecule has 0 radical (unpaired) electrons. The second kappa shape index (κ2) is 6.14. The zero-order chi connectivity index (χ0) is 14.6. The molecule has 1 unspecified atom stereocenters. The van der Waals surface area contributed by atoms with Crippen LogP contribution >= 0.6 is 0 Å². The van der Waals surface area contributed by atoms with Crippen molar-refractivity contribution in [2.24, 2.45) is 5.73 Å². The predicted molar refractivity (Wildman–Crippen MR) is 56.9 cm³/mol. The zero-order valence-corrected chi connectivity index (χ0v) is 10.6. The molecular weight excluding hydrogens is 281 g/mol. The lowest BCUT2D eigenvalue weighted by Crippen LogP contribution is -2.36. The van der Waals surface area contributed by atoms with Crippen LogP contribution in [0.25, 0.3) is 0 Å². The van der Waals surface area contributed by atoms with E-state index in [1.54, 1.807) is 6.92 Å². The largest absolute Gasteiger partial charge is 0.453 e. The first-order chi connectivity index (χ1) is 7.94. The fourth-order valence-electron chi connectivity index (χ4n) is 1.20. The second-order valence-electron chi connectivity index (χ2n) is 3.97. The standard InChI is InChI=1S/C9H16F5NO2S/c1-2-7(15)18(16,17)6-4-3-5-8(10,11)9(12,13)14/h7H,2-6,15H2,1H3. The Morgan fingerprint density at radius 2 is 1.61 bits per heavy atom. The Balaban J connectivity index is 4.17. The molecule has 0 aliphatic heterocycles. The van der Waals surface area contributed by atoms with Gasteiger partial charge in [0.2, 0.25) is 0 Å². The quantitative estimate of drug-likeness (QED) is 0.580. The third-order valence-corrected chi connectivity index (χ3v) is 4.56. The maximum atomic E-state index is 12.5. The van der Waals surface area contributed by atoms with E-state index in [4.69, 9.17) is 5.73 Å². The smallest absolute Gasteiger partial charge is 0.315 e. The minimum absolute atomic E-state index is 0.168. The van der Waals surface area contributed by atoms with E-state index in [1.807, 2.05) is 0 Å². The summed E-state index contributed by atoms with van der Waals surface area (Å²) in [4.78, 5) is 0. The van der Waals surface area contributed by atoms with Crippen LogP contribution < -0.4 is 5.73 Å². The van der Waals surface area contributed by atoms with Gasteiger partial charge in [-0.05, 0) is 19.3 Å². The highest BCUT2D eigenvalue weighted by Crippen LogP contribution is 2.39. The van der Waals surface area contributed by atoms with Gasteiger partial charge in [-0.2, -0.15) is 22.0 Å². The third-order valence-electron chi connectivity index (χ3n) is 2.45. The second-order valence-corrected chi connectivity index (χ2v) is 6.31. The van der Waals surface area contributed by atoms with Crippen molar-refractivity contribution in [2.45, 2.75) is 50.1 Å². The number of halogens is 5. The Kier molecular flexibility index (Phi) is 5.99. The molecule has 3 nitrogen and oxygen atoms in total. The highest BCUT2D eigenvalue weighted by molar-refractivity contribution is 7.91. The van der Waals surface area contributed by atoms with Crippen molar-refractivity contribution < 1.29 is 30.4 Å². The normalized spacial score (nSPS) is 15.7. The maximum Gasteiger partial charge on any atom is 0.453 e. The van der Waals surface area contributed by atoms with E-state index in [9.17, 15) is 30.4 Å². The van der Waals surface area contributed by atoms with Crippen LogP contribution in [-0.4, -0.2) is 31.6 Å². The van der Waals surface area contributed by atoms with Gasteiger partial charge in [-0.15, -0.1) is 0 Å². The zero-order valence-electron chi connectivity index (χ0n) is 9.80. The van der Waals surface area contributed by atoms with E-state index >= 15 is 0 Å². The van der Waals surface area contributed by atoms with Crippen molar-refractivity contribution >= 4 is 9.84 Å². The Morgan fingerprint density at radius 3 is 2.00 bits per heavy atom. The average molecular weight is 297 g/mol. The van der Waals surface area contributed by atoms with Crippen LogP contribution in [0.15, 0.2) is 0 Å². The molecular formula is C9H16F5NO2S. The van der Waals surface area contributed by atoms with Crippen molar-refractivity contribution in [3.8, 4) is 0 Å². The summed E-state index contributed by atoms with van der Waals surface area (Å²) in [5.41, 5.74) is 5.27. The lowest BCUT2D eigenvalue weighted by Gasteiger charge is -2.19. The minimum atomic E-state index is -5.59. The van der Waals surface area contributed by atoms with Crippen LogP contribution in [0.3, 0.4) is 0 Å². The number of hydrogen-bond acceptors (Lipinski definition) is 3. The van der Waals surface area contributed by atoms with Gasteiger partial charge in [0.15, 0.2) is 9.84 Å². The van der Waals surface area contributed by atoms with Gasteiger partial charge in [0, 0.05) is 6.42 Å². The molecule has 0 rings (SSSR count). The first-order valence-corrected chi connectivity index (χ1v) is 7.07. The lowest BCUT2D eigenvalue weighted by atomic mass is 10.1. The predicted octanol–water partition coefficient (Wildman–Crippen LogP) is 2.46. The molecule has 0 aromatic heterocycles. The molecule has 0 spiro atoms. The van der Waals surface area contributed by atoms with E-state index in [2.05, 4.69) is 0 Å². The number of sulfone groups is 1. The molecule has 0 aliphatic rings. The van der Waals surface area contributed by atoms with Crippen molar-refractivity contribution in [1.82, 2.24) is 0 Å². The van der Waals surface area contributed by atoms with E-state index < -0.39 is 45.9 Å². The third kappa shape index (κ3) is 5.05. The summed E-state index contributed by atoms with van der Waals surface area (Å²) in [5, 5.41) is -1.10. The summed E-state index contributed by atoms with van der Waals surface area (Å²) in [7, 11) is -3.61. The molecule has 0 fully saturated rings. The Morgan fingerprint density at radius 1 is 1.11 bits per heavy atom. The molecule has 0 heterocycles. The van der Waals surface area contributed by atoms with Crippen molar-refractivity contribution in [3.05, 3.63) is 0 Å². The highest BCUT2D eigenvalue weighted by atomic mass is 32.2. The van der Waals surface area contributed by atoms with Crippen molar-refractivity contribution in [2.75, 3.05) is 5.75 Å². The van der Waals surface area contributed by atoms with Crippen molar-refractivity contribution in [3.63, 3.8) is 0 Å². The molecule has 0 bridgehead atoms. The SMILES string of the molecule is CCC(N)S(=O)(=O)CCCCC(F)(F)C(F)(F)F. The average Bonchev–Trinajstić information content (AvgIpc) is 2.21. The van der Waals surface area contributed by atoms with E-state index in [0.29, 0.717) is 0 Å². The van der Waals surface area contributed by atoms with Crippen LogP contribution in [0.2, 0.25) is 0 Å².